The van der Waals surface area contributed by atoms with Gasteiger partial charge in [-0.1, -0.05) is 29.4 Å². The van der Waals surface area contributed by atoms with Crippen LogP contribution in [-0.4, -0.2) is 30.4 Å². The number of H-pyrrole nitrogens is 1. The quantitative estimate of drug-likeness (QED) is 0.497. The predicted octanol–water partition coefficient (Wildman–Crippen LogP) is 2.32. The van der Waals surface area contributed by atoms with Crippen LogP contribution in [0.25, 0.3) is 10.6 Å². The lowest BCUT2D eigenvalue weighted by molar-refractivity contribution is 0.528. The lowest BCUT2D eigenvalue weighted by Crippen LogP contribution is -2.29. The molecule has 1 atom stereocenters. The van der Waals surface area contributed by atoms with Gasteiger partial charge in [-0.2, -0.15) is 9.78 Å². The van der Waals surface area contributed by atoms with Crippen molar-refractivity contribution in [2.45, 2.75) is 6.04 Å². The molecule has 0 aliphatic carbocycles. The largest absolute Gasteiger partial charge is 0.318 e. The van der Waals surface area contributed by atoms with Gasteiger partial charge in [-0.3, -0.25) is 4.79 Å². The summed E-state index contributed by atoms with van der Waals surface area (Å²) in [6, 6.07) is 9.42. The van der Waals surface area contributed by atoms with Crippen LogP contribution in [0, 0.1) is 5.82 Å². The monoisotopic (exact) mass is 367 g/mol. The normalized spacial score (nSPS) is 15.2. The summed E-state index contributed by atoms with van der Waals surface area (Å²) >= 11 is 1.47. The smallest absolute Gasteiger partial charge is 0.288 e. The molecule has 3 aromatic heterocycles. The molecule has 1 aliphatic rings. The van der Waals surface area contributed by atoms with Gasteiger partial charge in [0.2, 0.25) is 5.95 Å². The van der Waals surface area contributed by atoms with E-state index in [9.17, 15) is 9.18 Å². The first kappa shape index (κ1) is 14.9. The second-order valence-electron chi connectivity index (χ2n) is 5.66. The zero-order valence-electron chi connectivity index (χ0n) is 13.0. The molecular weight excluding hydrogens is 357 g/mol. The number of halogens is 1. The van der Waals surface area contributed by atoms with Crippen molar-refractivity contribution >= 4 is 23.0 Å². The minimum absolute atomic E-state index is 0.263. The van der Waals surface area contributed by atoms with Gasteiger partial charge in [-0.25, -0.2) is 9.49 Å². The lowest BCUT2D eigenvalue weighted by Gasteiger charge is -2.27. The first-order valence-electron chi connectivity index (χ1n) is 7.70. The number of thiophene rings is 1. The van der Waals surface area contributed by atoms with Gasteiger partial charge in [-0.05, 0) is 27.9 Å². The van der Waals surface area contributed by atoms with Crippen LogP contribution in [-0.2, 0) is 0 Å². The highest BCUT2D eigenvalue weighted by atomic mass is 32.1. The van der Waals surface area contributed by atoms with E-state index in [1.165, 1.54) is 22.1 Å². The standard InChI is InChI=1S/C16H10FN7OS/c17-9-5-2-1-4-8(9)14-11-12(10-6-3-7-26-10)19-20-15(25)13(11)18-16-21-22-23-24(14)16/h1-7,14H,(H,20,25)(H,18,21,23)/t14-/m0/s1. The van der Waals surface area contributed by atoms with Crippen LogP contribution >= 0.6 is 11.3 Å². The van der Waals surface area contributed by atoms with Crippen molar-refractivity contribution in [3.63, 3.8) is 0 Å². The summed E-state index contributed by atoms with van der Waals surface area (Å²) in [6.07, 6.45) is 0. The molecule has 0 saturated carbocycles. The van der Waals surface area contributed by atoms with Gasteiger partial charge in [0, 0.05) is 11.1 Å². The van der Waals surface area contributed by atoms with E-state index in [4.69, 9.17) is 0 Å². The maximum atomic E-state index is 14.6. The zero-order valence-corrected chi connectivity index (χ0v) is 13.9. The van der Waals surface area contributed by atoms with Gasteiger partial charge in [-0.15, -0.1) is 11.3 Å². The molecule has 0 spiro atoms. The van der Waals surface area contributed by atoms with Crippen molar-refractivity contribution in [1.29, 1.82) is 0 Å². The number of aromatic nitrogens is 6. The number of aromatic amines is 1. The Balaban J connectivity index is 1.87. The van der Waals surface area contributed by atoms with Crippen molar-refractivity contribution in [3.8, 4) is 10.6 Å². The summed E-state index contributed by atoms with van der Waals surface area (Å²) in [4.78, 5) is 13.3. The molecular formula is C16H10FN7OS. The maximum Gasteiger partial charge on any atom is 0.288 e. The van der Waals surface area contributed by atoms with Gasteiger partial charge < -0.3 is 5.32 Å². The fraction of sp³-hybridized carbons (Fsp3) is 0.0625. The number of fused-ring (bicyclic) bond motifs is 2. The number of benzene rings is 1. The molecule has 128 valence electrons. The summed E-state index contributed by atoms with van der Waals surface area (Å²) in [5.74, 6) is -0.149. The minimum atomic E-state index is -0.718. The number of nitrogens with one attached hydrogen (secondary N) is 2. The van der Waals surface area contributed by atoms with Crippen LogP contribution in [0.4, 0.5) is 16.0 Å². The fourth-order valence-electron chi connectivity index (χ4n) is 3.12. The SMILES string of the molecule is O=c1[nH]nc(-c2cccs2)c2c1Nc1nnnn1[C@H]2c1ccccc1F. The summed E-state index contributed by atoms with van der Waals surface area (Å²) in [5, 5.41) is 23.1. The van der Waals surface area contributed by atoms with Gasteiger partial charge in [0.25, 0.3) is 5.56 Å². The van der Waals surface area contributed by atoms with Crippen molar-refractivity contribution in [2.75, 3.05) is 5.32 Å². The highest BCUT2D eigenvalue weighted by Crippen LogP contribution is 2.42. The van der Waals surface area contributed by atoms with Crippen LogP contribution in [0.2, 0.25) is 0 Å². The Bertz CT molecular complexity index is 1170. The van der Waals surface area contributed by atoms with Crippen LogP contribution in [0.5, 0.6) is 0 Å². The highest BCUT2D eigenvalue weighted by Gasteiger charge is 2.35. The minimum Gasteiger partial charge on any atom is -0.318 e. The molecule has 4 aromatic rings. The highest BCUT2D eigenvalue weighted by molar-refractivity contribution is 7.13. The molecule has 0 fully saturated rings. The Morgan fingerprint density at radius 2 is 2.08 bits per heavy atom. The first-order valence-corrected chi connectivity index (χ1v) is 8.58. The van der Waals surface area contributed by atoms with Crippen LogP contribution in [0.3, 0.4) is 0 Å². The van der Waals surface area contributed by atoms with E-state index >= 15 is 0 Å². The number of nitrogens with zero attached hydrogens (tertiary/aromatic N) is 5. The summed E-state index contributed by atoms with van der Waals surface area (Å²) in [5.41, 5.74) is 1.28. The molecule has 26 heavy (non-hydrogen) atoms. The Kier molecular flexibility index (Phi) is 3.19. The number of hydrogen-bond acceptors (Lipinski definition) is 7. The van der Waals surface area contributed by atoms with E-state index < -0.39 is 17.4 Å². The number of rotatable bonds is 2. The number of anilines is 2. The molecule has 0 amide bonds. The van der Waals surface area contributed by atoms with E-state index in [1.807, 2.05) is 17.5 Å². The third kappa shape index (κ3) is 2.09. The van der Waals surface area contributed by atoms with E-state index in [0.29, 0.717) is 16.8 Å². The zero-order chi connectivity index (χ0) is 17.7. The topological polar surface area (TPSA) is 101 Å². The van der Waals surface area contributed by atoms with E-state index in [2.05, 4.69) is 31.0 Å². The average Bonchev–Trinajstić information content (AvgIpc) is 3.33. The summed E-state index contributed by atoms with van der Waals surface area (Å²) < 4.78 is 16.1. The Morgan fingerprint density at radius 1 is 1.19 bits per heavy atom. The summed E-state index contributed by atoms with van der Waals surface area (Å²) in [6.45, 7) is 0. The fourth-order valence-corrected chi connectivity index (χ4v) is 3.85. The molecule has 0 saturated heterocycles. The predicted molar refractivity (Wildman–Crippen MR) is 92.9 cm³/mol. The molecule has 0 unspecified atom stereocenters. The van der Waals surface area contributed by atoms with E-state index in [0.717, 1.165) is 4.88 Å². The van der Waals surface area contributed by atoms with E-state index in [1.54, 1.807) is 18.2 Å². The lowest BCUT2D eigenvalue weighted by atomic mass is 9.94. The maximum absolute atomic E-state index is 14.6. The van der Waals surface area contributed by atoms with Crippen LogP contribution in [0.1, 0.15) is 17.2 Å². The number of hydrogen-bond donors (Lipinski definition) is 2. The molecule has 4 heterocycles. The number of tetrazole rings is 1. The van der Waals surface area contributed by atoms with Crippen LogP contribution < -0.4 is 10.9 Å². The Morgan fingerprint density at radius 3 is 2.88 bits per heavy atom. The third-order valence-corrected chi connectivity index (χ3v) is 5.10. The van der Waals surface area contributed by atoms with Crippen LogP contribution in [0.15, 0.2) is 46.6 Å². The Labute approximate surface area is 149 Å². The third-order valence-electron chi connectivity index (χ3n) is 4.22. The molecule has 1 aliphatic heterocycles. The molecule has 0 radical (unpaired) electrons. The van der Waals surface area contributed by atoms with Gasteiger partial charge in [0.15, 0.2) is 0 Å². The van der Waals surface area contributed by atoms with Gasteiger partial charge >= 0.3 is 0 Å². The molecule has 10 heteroatoms. The average molecular weight is 367 g/mol. The van der Waals surface area contributed by atoms with Crippen molar-refractivity contribution < 1.29 is 4.39 Å². The molecule has 0 bridgehead atoms. The second-order valence-corrected chi connectivity index (χ2v) is 6.61. The molecule has 8 nitrogen and oxygen atoms in total. The van der Waals surface area contributed by atoms with Crippen molar-refractivity contribution in [2.24, 2.45) is 0 Å². The second kappa shape index (κ2) is 5.56. The molecule has 2 N–H and O–H groups in total. The van der Waals surface area contributed by atoms with Crippen molar-refractivity contribution in [1.82, 2.24) is 30.4 Å². The summed E-state index contributed by atoms with van der Waals surface area (Å²) in [7, 11) is 0. The Hall–Kier alpha value is -3.40. The van der Waals surface area contributed by atoms with Crippen molar-refractivity contribution in [3.05, 3.63) is 69.1 Å². The molecule has 1 aromatic carbocycles. The van der Waals surface area contributed by atoms with E-state index in [-0.39, 0.29) is 11.6 Å². The van der Waals surface area contributed by atoms with Gasteiger partial charge in [0.05, 0.1) is 4.88 Å². The van der Waals surface area contributed by atoms with Gasteiger partial charge in [0.1, 0.15) is 23.2 Å². The first-order chi connectivity index (χ1) is 12.7. The molecule has 5 rings (SSSR count).